The number of aromatic carboxylic acids is 1. The second-order valence-corrected chi connectivity index (χ2v) is 4.90. The van der Waals surface area contributed by atoms with E-state index < -0.39 is 5.97 Å². The van der Waals surface area contributed by atoms with Crippen LogP contribution in [0.15, 0.2) is 30.5 Å². The molecule has 6 nitrogen and oxygen atoms in total. The second-order valence-electron chi connectivity index (χ2n) is 4.90. The van der Waals surface area contributed by atoms with Gasteiger partial charge in [0.15, 0.2) is 5.69 Å². The maximum absolute atomic E-state index is 11.2. The van der Waals surface area contributed by atoms with Crippen LogP contribution in [0.3, 0.4) is 0 Å². The Bertz CT molecular complexity index is 637. The normalized spacial score (nSPS) is 10.5. The van der Waals surface area contributed by atoms with Crippen molar-refractivity contribution in [1.29, 1.82) is 0 Å². The molecule has 1 heterocycles. The van der Waals surface area contributed by atoms with Gasteiger partial charge in [-0.2, -0.15) is 5.10 Å². The molecule has 6 heteroatoms. The molecule has 0 unspecified atom stereocenters. The van der Waals surface area contributed by atoms with E-state index in [2.05, 4.69) is 17.3 Å². The first-order chi connectivity index (χ1) is 10.6. The first-order valence-electron chi connectivity index (χ1n) is 7.40. The van der Waals surface area contributed by atoms with E-state index in [-0.39, 0.29) is 5.69 Å². The topological polar surface area (TPSA) is 76.4 Å². The third-order valence-corrected chi connectivity index (χ3v) is 3.14. The average molecular weight is 303 g/mol. The Kier molecular flexibility index (Phi) is 5.41. The highest BCUT2D eigenvalue weighted by atomic mass is 16.5. The van der Waals surface area contributed by atoms with E-state index in [4.69, 9.17) is 4.74 Å². The van der Waals surface area contributed by atoms with E-state index in [1.165, 1.54) is 0 Å². The fourth-order valence-corrected chi connectivity index (χ4v) is 2.03. The lowest BCUT2D eigenvalue weighted by Gasteiger charge is -2.08. The lowest BCUT2D eigenvalue weighted by atomic mass is 10.2. The molecule has 0 saturated carbocycles. The van der Waals surface area contributed by atoms with Gasteiger partial charge in [-0.1, -0.05) is 19.1 Å². The minimum atomic E-state index is -1.03. The van der Waals surface area contributed by atoms with Crippen molar-refractivity contribution in [2.45, 2.75) is 33.4 Å². The van der Waals surface area contributed by atoms with Gasteiger partial charge in [0.2, 0.25) is 0 Å². The molecule has 2 N–H and O–H groups in total. The Balaban J connectivity index is 2.06. The van der Waals surface area contributed by atoms with Crippen LogP contribution < -0.4 is 10.1 Å². The molecule has 2 aromatic rings. The van der Waals surface area contributed by atoms with Crippen LogP contribution in [0.4, 0.5) is 5.69 Å². The van der Waals surface area contributed by atoms with E-state index in [1.54, 1.807) is 10.9 Å². The molecule has 118 valence electrons. The molecule has 0 radical (unpaired) electrons. The van der Waals surface area contributed by atoms with E-state index >= 15 is 0 Å². The van der Waals surface area contributed by atoms with Crippen molar-refractivity contribution in [3.8, 4) is 5.75 Å². The predicted molar refractivity (Wildman–Crippen MR) is 84.4 cm³/mol. The summed E-state index contributed by atoms with van der Waals surface area (Å²) in [5.74, 6) is -0.210. The zero-order valence-corrected chi connectivity index (χ0v) is 12.9. The molecular formula is C16H21N3O3. The highest BCUT2D eigenvalue weighted by Crippen LogP contribution is 2.18. The fourth-order valence-electron chi connectivity index (χ4n) is 2.03. The molecule has 0 aliphatic heterocycles. The molecule has 0 amide bonds. The van der Waals surface area contributed by atoms with Gasteiger partial charge in [0.05, 0.1) is 12.3 Å². The van der Waals surface area contributed by atoms with Crippen molar-refractivity contribution in [2.75, 3.05) is 11.9 Å². The summed E-state index contributed by atoms with van der Waals surface area (Å²) in [6.07, 6.45) is 2.67. The molecule has 0 spiro atoms. The molecule has 2 rings (SSSR count). The molecular weight excluding hydrogens is 282 g/mol. The summed E-state index contributed by atoms with van der Waals surface area (Å²) in [4.78, 5) is 11.2. The quantitative estimate of drug-likeness (QED) is 0.784. The van der Waals surface area contributed by atoms with Gasteiger partial charge >= 0.3 is 5.97 Å². The summed E-state index contributed by atoms with van der Waals surface area (Å²) >= 11 is 0. The van der Waals surface area contributed by atoms with Crippen molar-refractivity contribution >= 4 is 11.7 Å². The van der Waals surface area contributed by atoms with Crippen LogP contribution in [0.1, 0.15) is 36.3 Å². The molecule has 0 fully saturated rings. The van der Waals surface area contributed by atoms with Crippen LogP contribution in [0.2, 0.25) is 0 Å². The van der Waals surface area contributed by atoms with Gasteiger partial charge in [0.25, 0.3) is 0 Å². The zero-order chi connectivity index (χ0) is 15.9. The van der Waals surface area contributed by atoms with Crippen molar-refractivity contribution in [2.24, 2.45) is 0 Å². The lowest BCUT2D eigenvalue weighted by Crippen LogP contribution is -2.06. The second kappa shape index (κ2) is 7.49. The van der Waals surface area contributed by atoms with Crippen molar-refractivity contribution in [3.05, 3.63) is 41.7 Å². The number of hydrogen-bond acceptors (Lipinski definition) is 4. The largest absolute Gasteiger partial charge is 0.494 e. The maximum Gasteiger partial charge on any atom is 0.358 e. The number of ether oxygens (including phenoxy) is 1. The van der Waals surface area contributed by atoms with Crippen molar-refractivity contribution in [1.82, 2.24) is 9.78 Å². The number of aromatic nitrogens is 2. The highest BCUT2D eigenvalue weighted by Gasteiger charge is 2.15. The van der Waals surface area contributed by atoms with Crippen molar-refractivity contribution < 1.29 is 14.6 Å². The maximum atomic E-state index is 11.2. The van der Waals surface area contributed by atoms with E-state index in [0.717, 1.165) is 17.7 Å². The third kappa shape index (κ3) is 4.00. The molecule has 0 saturated heterocycles. The summed E-state index contributed by atoms with van der Waals surface area (Å²) in [6, 6.07) is 7.76. The van der Waals surface area contributed by atoms with Gasteiger partial charge in [0, 0.05) is 19.3 Å². The smallest absolute Gasteiger partial charge is 0.358 e. The van der Waals surface area contributed by atoms with E-state index in [1.807, 2.05) is 31.2 Å². The number of carboxylic acids is 1. The Labute approximate surface area is 129 Å². The summed E-state index contributed by atoms with van der Waals surface area (Å²) in [7, 11) is 0. The van der Waals surface area contributed by atoms with Crippen LogP contribution >= 0.6 is 0 Å². The van der Waals surface area contributed by atoms with Crippen molar-refractivity contribution in [3.63, 3.8) is 0 Å². The number of hydrogen-bond donors (Lipinski definition) is 2. The van der Waals surface area contributed by atoms with Gasteiger partial charge in [-0.3, -0.25) is 4.68 Å². The molecule has 0 aliphatic rings. The van der Waals surface area contributed by atoms with Crippen LogP contribution in [0.5, 0.6) is 5.75 Å². The summed E-state index contributed by atoms with van der Waals surface area (Å²) in [5.41, 5.74) is 1.59. The number of nitrogens with zero attached hydrogens (tertiary/aromatic N) is 2. The SMILES string of the molecule is CCCOc1cccc(CNc2cn(CC)nc2C(=O)O)c1. The molecule has 0 bridgehead atoms. The minimum absolute atomic E-state index is 0.0419. The minimum Gasteiger partial charge on any atom is -0.494 e. The fraction of sp³-hybridized carbons (Fsp3) is 0.375. The molecule has 0 atom stereocenters. The molecule has 1 aromatic carbocycles. The number of carbonyl (C=O) groups is 1. The number of aryl methyl sites for hydroxylation is 1. The van der Waals surface area contributed by atoms with Gasteiger partial charge in [0.1, 0.15) is 5.75 Å². The number of rotatable bonds is 8. The average Bonchev–Trinajstić information content (AvgIpc) is 2.95. The van der Waals surface area contributed by atoms with E-state index in [0.29, 0.717) is 25.4 Å². The number of benzene rings is 1. The van der Waals surface area contributed by atoms with Crippen LogP contribution in [-0.4, -0.2) is 27.5 Å². The van der Waals surface area contributed by atoms with Gasteiger partial charge < -0.3 is 15.2 Å². The molecule has 22 heavy (non-hydrogen) atoms. The molecule has 0 aliphatic carbocycles. The first-order valence-corrected chi connectivity index (χ1v) is 7.40. The first kappa shape index (κ1) is 15.9. The van der Waals surface area contributed by atoms with Crippen LogP contribution in [-0.2, 0) is 13.1 Å². The number of anilines is 1. The monoisotopic (exact) mass is 303 g/mol. The highest BCUT2D eigenvalue weighted by molar-refractivity contribution is 5.91. The standard InChI is InChI=1S/C16H21N3O3/c1-3-8-22-13-7-5-6-12(9-13)10-17-14-11-19(4-2)18-15(14)16(20)21/h5-7,9,11,17H,3-4,8,10H2,1-2H3,(H,20,21). The molecule has 1 aromatic heterocycles. The van der Waals surface area contributed by atoms with E-state index in [9.17, 15) is 9.90 Å². The van der Waals surface area contributed by atoms with Crippen LogP contribution in [0, 0.1) is 0 Å². The van der Waals surface area contributed by atoms with Gasteiger partial charge in [-0.05, 0) is 31.0 Å². The Morgan fingerprint density at radius 2 is 2.23 bits per heavy atom. The number of carboxylic acid groups (broad SMARTS) is 1. The Morgan fingerprint density at radius 1 is 1.41 bits per heavy atom. The van der Waals surface area contributed by atoms with Crippen LogP contribution in [0.25, 0.3) is 0 Å². The Hall–Kier alpha value is -2.50. The third-order valence-electron chi connectivity index (χ3n) is 3.14. The Morgan fingerprint density at radius 3 is 2.91 bits per heavy atom. The van der Waals surface area contributed by atoms with Gasteiger partial charge in [-0.25, -0.2) is 4.79 Å². The lowest BCUT2D eigenvalue weighted by molar-refractivity contribution is 0.0690. The summed E-state index contributed by atoms with van der Waals surface area (Å²) < 4.78 is 7.20. The summed E-state index contributed by atoms with van der Waals surface area (Å²) in [6.45, 7) is 5.80. The van der Waals surface area contributed by atoms with Gasteiger partial charge in [-0.15, -0.1) is 0 Å². The summed E-state index contributed by atoms with van der Waals surface area (Å²) in [5, 5.41) is 16.3. The predicted octanol–water partition coefficient (Wildman–Crippen LogP) is 3.00. The number of nitrogens with one attached hydrogen (secondary N) is 1. The zero-order valence-electron chi connectivity index (χ0n) is 12.9.